The van der Waals surface area contributed by atoms with Gasteiger partial charge in [0.05, 0.1) is 18.3 Å². The van der Waals surface area contributed by atoms with E-state index in [4.69, 9.17) is 4.74 Å². The lowest BCUT2D eigenvalue weighted by Gasteiger charge is -2.27. The molecule has 8 heteroatoms. The van der Waals surface area contributed by atoms with Gasteiger partial charge in [0.2, 0.25) is 5.88 Å². The van der Waals surface area contributed by atoms with E-state index in [0.29, 0.717) is 11.8 Å². The molecule has 2 atom stereocenters. The maximum atomic E-state index is 14.5. The summed E-state index contributed by atoms with van der Waals surface area (Å²) >= 11 is 0. The first-order valence-corrected chi connectivity index (χ1v) is 10.2. The lowest BCUT2D eigenvalue weighted by Crippen LogP contribution is -2.41. The van der Waals surface area contributed by atoms with E-state index in [1.54, 1.807) is 12.3 Å². The predicted octanol–water partition coefficient (Wildman–Crippen LogP) is 3.88. The number of ether oxygens (including phenoxy) is 1. The van der Waals surface area contributed by atoms with Crippen LogP contribution in [-0.2, 0) is 12.0 Å². The summed E-state index contributed by atoms with van der Waals surface area (Å²) in [5, 5.41) is 7.51. The summed E-state index contributed by atoms with van der Waals surface area (Å²) in [6.07, 6.45) is 3.36. The van der Waals surface area contributed by atoms with Crippen molar-refractivity contribution in [1.82, 2.24) is 20.1 Å². The molecule has 0 radical (unpaired) electrons. The van der Waals surface area contributed by atoms with Crippen molar-refractivity contribution >= 4 is 5.91 Å². The molecule has 3 aromatic rings. The number of aromatic nitrogens is 3. The number of nitrogens with zero attached hydrogens (tertiary/aromatic N) is 3. The zero-order valence-electron chi connectivity index (χ0n) is 17.4. The second kappa shape index (κ2) is 6.87. The minimum Gasteiger partial charge on any atom is -0.481 e. The number of hydrogen-bond acceptors (Lipinski definition) is 4. The van der Waals surface area contributed by atoms with E-state index in [2.05, 4.69) is 15.4 Å². The fraction of sp³-hybridized carbons (Fsp3) is 0.348. The molecule has 0 spiro atoms. The molecule has 2 aliphatic rings. The van der Waals surface area contributed by atoms with Crippen LogP contribution in [0.2, 0.25) is 0 Å². The molecule has 2 heterocycles. The minimum absolute atomic E-state index is 0.150. The van der Waals surface area contributed by atoms with E-state index >= 15 is 0 Å². The Bertz CT molecular complexity index is 1200. The molecule has 5 rings (SSSR count). The number of amides is 1. The molecule has 31 heavy (non-hydrogen) atoms. The summed E-state index contributed by atoms with van der Waals surface area (Å²) in [5.74, 6) is -0.560. The van der Waals surface area contributed by atoms with Gasteiger partial charge in [0.25, 0.3) is 5.91 Å². The number of nitrogens with one attached hydrogen (secondary N) is 1. The fourth-order valence-corrected chi connectivity index (χ4v) is 4.57. The van der Waals surface area contributed by atoms with E-state index in [9.17, 15) is 13.6 Å². The van der Waals surface area contributed by atoms with Crippen molar-refractivity contribution in [2.75, 3.05) is 7.11 Å². The Morgan fingerprint density at radius 3 is 2.84 bits per heavy atom. The van der Waals surface area contributed by atoms with Gasteiger partial charge in [-0.2, -0.15) is 5.10 Å². The number of rotatable bonds is 5. The molecule has 0 bridgehead atoms. The van der Waals surface area contributed by atoms with Gasteiger partial charge in [-0.05, 0) is 56.9 Å². The smallest absolute Gasteiger partial charge is 0.272 e. The first-order chi connectivity index (χ1) is 14.8. The standard InChI is InChI=1S/C23H22F2N4O2/c1-23(2,16-5-4-8-26-22(16)31-3)27-21(30)19-15-10-12-9-14(12)20(15)29(28-19)18-7-6-13(24)11-17(18)25/h4-8,11-12,14H,9-10H2,1-3H3,(H,27,30)/t12-,14-/m1/s1. The lowest BCUT2D eigenvalue weighted by molar-refractivity contribution is 0.0904. The van der Waals surface area contributed by atoms with E-state index in [0.717, 1.165) is 35.7 Å². The number of hydrogen-bond donors (Lipinski definition) is 1. The molecule has 1 aromatic carbocycles. The van der Waals surface area contributed by atoms with E-state index in [1.807, 2.05) is 19.9 Å². The highest BCUT2D eigenvalue weighted by atomic mass is 19.1. The number of halogens is 2. The van der Waals surface area contributed by atoms with Crippen LogP contribution in [0.3, 0.4) is 0 Å². The lowest BCUT2D eigenvalue weighted by atomic mass is 9.94. The summed E-state index contributed by atoms with van der Waals surface area (Å²) in [6, 6.07) is 7.02. The highest BCUT2D eigenvalue weighted by Crippen LogP contribution is 2.57. The van der Waals surface area contributed by atoms with Crippen LogP contribution in [0, 0.1) is 17.6 Å². The summed E-state index contributed by atoms with van der Waals surface area (Å²) in [5.41, 5.74) is 2.08. The molecule has 0 unspecified atom stereocenters. The molecule has 1 saturated carbocycles. The molecule has 2 aliphatic carbocycles. The summed E-state index contributed by atoms with van der Waals surface area (Å²) < 4.78 is 34.7. The summed E-state index contributed by atoms with van der Waals surface area (Å²) in [7, 11) is 1.53. The van der Waals surface area contributed by atoms with Gasteiger partial charge in [0.1, 0.15) is 11.5 Å². The molecule has 1 fully saturated rings. The number of carbonyl (C=O) groups excluding carboxylic acids is 1. The average Bonchev–Trinajstić information content (AvgIpc) is 3.23. The molecular weight excluding hydrogens is 402 g/mol. The van der Waals surface area contributed by atoms with Crippen LogP contribution in [0.5, 0.6) is 5.88 Å². The van der Waals surface area contributed by atoms with Crippen LogP contribution in [0.25, 0.3) is 5.69 Å². The second-order valence-corrected chi connectivity index (χ2v) is 8.67. The van der Waals surface area contributed by atoms with Crippen molar-refractivity contribution < 1.29 is 18.3 Å². The van der Waals surface area contributed by atoms with Gasteiger partial charge in [-0.25, -0.2) is 18.4 Å². The predicted molar refractivity (Wildman–Crippen MR) is 109 cm³/mol. The van der Waals surface area contributed by atoms with Crippen LogP contribution in [0.1, 0.15) is 53.5 Å². The fourth-order valence-electron chi connectivity index (χ4n) is 4.57. The molecule has 0 aliphatic heterocycles. The quantitative estimate of drug-likeness (QED) is 0.675. The van der Waals surface area contributed by atoms with Gasteiger partial charge in [-0.15, -0.1) is 0 Å². The third-order valence-electron chi connectivity index (χ3n) is 6.18. The molecular formula is C23H22F2N4O2. The van der Waals surface area contributed by atoms with Gasteiger partial charge >= 0.3 is 0 Å². The van der Waals surface area contributed by atoms with E-state index < -0.39 is 17.2 Å². The number of benzene rings is 1. The Morgan fingerprint density at radius 1 is 1.29 bits per heavy atom. The van der Waals surface area contributed by atoms with Crippen molar-refractivity contribution in [3.63, 3.8) is 0 Å². The molecule has 2 aromatic heterocycles. The van der Waals surface area contributed by atoms with Gasteiger partial charge in [-0.3, -0.25) is 4.79 Å². The molecule has 0 saturated heterocycles. The Labute approximate surface area is 178 Å². The zero-order chi connectivity index (χ0) is 21.9. The summed E-state index contributed by atoms with van der Waals surface area (Å²) in [6.45, 7) is 3.72. The highest BCUT2D eigenvalue weighted by Gasteiger charge is 2.50. The van der Waals surface area contributed by atoms with Crippen molar-refractivity contribution in [1.29, 1.82) is 0 Å². The first kappa shape index (κ1) is 19.7. The van der Waals surface area contributed by atoms with E-state index in [1.165, 1.54) is 23.9 Å². The minimum atomic E-state index is -0.782. The van der Waals surface area contributed by atoms with Crippen molar-refractivity contribution in [2.24, 2.45) is 5.92 Å². The zero-order valence-corrected chi connectivity index (χ0v) is 17.4. The van der Waals surface area contributed by atoms with Crippen LogP contribution in [0.4, 0.5) is 8.78 Å². The maximum Gasteiger partial charge on any atom is 0.272 e. The Hall–Kier alpha value is -3.29. The van der Waals surface area contributed by atoms with Crippen LogP contribution < -0.4 is 10.1 Å². The molecule has 1 N–H and O–H groups in total. The van der Waals surface area contributed by atoms with Crippen LogP contribution in [-0.4, -0.2) is 27.8 Å². The third-order valence-corrected chi connectivity index (χ3v) is 6.18. The molecule has 160 valence electrons. The van der Waals surface area contributed by atoms with Crippen LogP contribution in [0.15, 0.2) is 36.5 Å². The first-order valence-electron chi connectivity index (χ1n) is 10.2. The van der Waals surface area contributed by atoms with Crippen molar-refractivity contribution in [3.05, 3.63) is 70.7 Å². The van der Waals surface area contributed by atoms with Gasteiger partial charge in [-0.1, -0.05) is 0 Å². The average molecular weight is 424 g/mol. The Morgan fingerprint density at radius 2 is 2.10 bits per heavy atom. The third kappa shape index (κ3) is 3.17. The van der Waals surface area contributed by atoms with Crippen LogP contribution >= 0.6 is 0 Å². The normalized spacial score (nSPS) is 19.0. The molecule has 6 nitrogen and oxygen atoms in total. The number of methoxy groups -OCH3 is 1. The Kier molecular flexibility index (Phi) is 4.35. The van der Waals surface area contributed by atoms with Crippen molar-refractivity contribution in [2.45, 2.75) is 38.1 Å². The van der Waals surface area contributed by atoms with Gasteiger partial charge in [0.15, 0.2) is 11.5 Å². The topological polar surface area (TPSA) is 69.0 Å². The summed E-state index contributed by atoms with van der Waals surface area (Å²) in [4.78, 5) is 17.5. The maximum absolute atomic E-state index is 14.5. The second-order valence-electron chi connectivity index (χ2n) is 8.67. The monoisotopic (exact) mass is 424 g/mol. The largest absolute Gasteiger partial charge is 0.481 e. The van der Waals surface area contributed by atoms with E-state index in [-0.39, 0.29) is 23.2 Å². The number of fused-ring (bicyclic) bond motifs is 3. The SMILES string of the molecule is COc1ncccc1C(C)(C)NC(=O)c1nn(-c2ccc(F)cc2F)c2c1C[C@H]1C[C@@H]21. The number of carbonyl (C=O) groups is 1. The van der Waals surface area contributed by atoms with Gasteiger partial charge < -0.3 is 10.1 Å². The molecule has 1 amide bonds. The Balaban J connectivity index is 1.53. The van der Waals surface area contributed by atoms with Crippen molar-refractivity contribution in [3.8, 4) is 11.6 Å². The number of pyridine rings is 1. The van der Waals surface area contributed by atoms with Gasteiger partial charge in [0, 0.05) is 29.3 Å². The highest BCUT2D eigenvalue weighted by molar-refractivity contribution is 5.95.